The van der Waals surface area contributed by atoms with E-state index in [1.807, 2.05) is 54.2 Å². The van der Waals surface area contributed by atoms with Crippen molar-refractivity contribution in [2.45, 2.75) is 38.7 Å². The molecule has 1 aliphatic carbocycles. The monoisotopic (exact) mass is 439 g/mol. The third-order valence-electron chi connectivity index (χ3n) is 5.75. The van der Waals surface area contributed by atoms with Gasteiger partial charge in [-0.2, -0.15) is 13.9 Å². The van der Waals surface area contributed by atoms with Crippen molar-refractivity contribution in [1.29, 1.82) is 0 Å². The summed E-state index contributed by atoms with van der Waals surface area (Å²) in [5, 5.41) is 5.68. The average Bonchev–Trinajstić information content (AvgIpc) is 3.48. The number of halogens is 3. The van der Waals surface area contributed by atoms with Crippen molar-refractivity contribution < 1.29 is 13.5 Å². The minimum Gasteiger partial charge on any atom is -0.417 e. The molecule has 0 radical (unpaired) electrons. The molecule has 1 fully saturated rings. The Labute approximate surface area is 183 Å². The van der Waals surface area contributed by atoms with Crippen LogP contribution in [0.25, 0.3) is 16.6 Å². The molecule has 2 aromatic heterocycles. The third kappa shape index (κ3) is 4.00. The summed E-state index contributed by atoms with van der Waals surface area (Å²) in [5.74, 6) is 0.566. The first-order valence-electron chi connectivity index (χ1n) is 10.2. The largest absolute Gasteiger partial charge is 0.417 e. The zero-order chi connectivity index (χ0) is 21.5. The highest BCUT2D eigenvalue weighted by molar-refractivity contribution is 6.35. The fourth-order valence-corrected chi connectivity index (χ4v) is 4.11. The Balaban J connectivity index is 1.48. The molecule has 0 unspecified atom stereocenters. The quantitative estimate of drug-likeness (QED) is 0.346. The molecule has 4 aromatic rings. The van der Waals surface area contributed by atoms with Gasteiger partial charge in [-0.05, 0) is 60.6 Å². The van der Waals surface area contributed by atoms with Gasteiger partial charge in [0.1, 0.15) is 0 Å². The minimum absolute atomic E-state index is 0.0849. The molecule has 4 nitrogen and oxygen atoms in total. The van der Waals surface area contributed by atoms with E-state index in [0.717, 1.165) is 22.2 Å². The smallest absolute Gasteiger partial charge is 0.388 e. The Bertz CT molecular complexity index is 1250. The second kappa shape index (κ2) is 7.93. The lowest BCUT2D eigenvalue weighted by Gasteiger charge is -2.16. The lowest BCUT2D eigenvalue weighted by molar-refractivity contribution is -0.0532. The number of fused-ring (bicyclic) bond motifs is 1. The molecule has 5 rings (SSSR count). The lowest BCUT2D eigenvalue weighted by atomic mass is 9.98. The van der Waals surface area contributed by atoms with Gasteiger partial charge in [0.2, 0.25) is 5.88 Å². The van der Waals surface area contributed by atoms with Crippen molar-refractivity contribution in [3.05, 3.63) is 82.1 Å². The van der Waals surface area contributed by atoms with Crippen molar-refractivity contribution in [1.82, 2.24) is 14.8 Å². The number of aryl methyl sites for hydroxylation is 1. The Morgan fingerprint density at radius 3 is 2.65 bits per heavy atom. The van der Waals surface area contributed by atoms with Crippen molar-refractivity contribution in [3.8, 4) is 11.6 Å². The molecule has 1 aliphatic rings. The molecule has 0 saturated heterocycles. The van der Waals surface area contributed by atoms with Gasteiger partial charge in [-0.3, -0.25) is 0 Å². The number of benzene rings is 2. The molecule has 31 heavy (non-hydrogen) atoms. The van der Waals surface area contributed by atoms with Crippen molar-refractivity contribution in [2.75, 3.05) is 0 Å². The SMILES string of the molecule is Cc1c(Cc2ccc(-n3cc(C4CC4)cn3)cc2)c(OC(F)F)nc2c(Cl)cccc12. The van der Waals surface area contributed by atoms with Gasteiger partial charge in [-0.15, -0.1) is 0 Å². The van der Waals surface area contributed by atoms with Gasteiger partial charge >= 0.3 is 6.61 Å². The summed E-state index contributed by atoms with van der Waals surface area (Å²) in [6.07, 6.45) is 6.88. The molecule has 0 N–H and O–H groups in total. The molecule has 158 valence electrons. The summed E-state index contributed by atoms with van der Waals surface area (Å²) in [5.41, 5.74) is 5.10. The van der Waals surface area contributed by atoms with Gasteiger partial charge in [0.15, 0.2) is 0 Å². The first-order valence-corrected chi connectivity index (χ1v) is 10.5. The normalized spacial score (nSPS) is 13.8. The van der Waals surface area contributed by atoms with E-state index in [4.69, 9.17) is 16.3 Å². The van der Waals surface area contributed by atoms with Gasteiger partial charge in [-0.25, -0.2) is 9.67 Å². The molecular weight excluding hydrogens is 420 g/mol. The van der Waals surface area contributed by atoms with Crippen LogP contribution in [0, 0.1) is 6.92 Å². The van der Waals surface area contributed by atoms with Gasteiger partial charge in [0.25, 0.3) is 0 Å². The van der Waals surface area contributed by atoms with E-state index in [-0.39, 0.29) is 5.88 Å². The number of rotatable bonds is 6. The number of pyridine rings is 1. The van der Waals surface area contributed by atoms with Crippen molar-refractivity contribution in [3.63, 3.8) is 0 Å². The zero-order valence-electron chi connectivity index (χ0n) is 16.9. The van der Waals surface area contributed by atoms with Crippen LogP contribution in [-0.2, 0) is 6.42 Å². The maximum Gasteiger partial charge on any atom is 0.388 e. The van der Waals surface area contributed by atoms with Crippen LogP contribution in [0.1, 0.15) is 41.0 Å². The number of hydrogen-bond donors (Lipinski definition) is 0. The van der Waals surface area contributed by atoms with E-state index in [2.05, 4.69) is 16.3 Å². The van der Waals surface area contributed by atoms with Crippen molar-refractivity contribution >= 4 is 22.5 Å². The molecule has 0 spiro atoms. The average molecular weight is 440 g/mol. The molecule has 2 aromatic carbocycles. The van der Waals surface area contributed by atoms with Gasteiger partial charge in [0, 0.05) is 23.6 Å². The van der Waals surface area contributed by atoms with Crippen LogP contribution >= 0.6 is 11.6 Å². The fraction of sp³-hybridized carbons (Fsp3) is 0.250. The number of nitrogens with zero attached hydrogens (tertiary/aromatic N) is 3. The van der Waals surface area contributed by atoms with Crippen LogP contribution in [0.2, 0.25) is 5.02 Å². The molecule has 7 heteroatoms. The van der Waals surface area contributed by atoms with Crippen LogP contribution in [0.5, 0.6) is 5.88 Å². The molecular formula is C24H20ClF2N3O. The Kier molecular flexibility index (Phi) is 5.10. The molecule has 0 atom stereocenters. The third-order valence-corrected chi connectivity index (χ3v) is 6.05. The van der Waals surface area contributed by atoms with Gasteiger partial charge in [-0.1, -0.05) is 35.9 Å². The molecule has 2 heterocycles. The highest BCUT2D eigenvalue weighted by Crippen LogP contribution is 2.40. The number of aromatic nitrogens is 3. The second-order valence-corrected chi connectivity index (χ2v) is 8.28. The van der Waals surface area contributed by atoms with E-state index < -0.39 is 6.61 Å². The highest BCUT2D eigenvalue weighted by atomic mass is 35.5. The van der Waals surface area contributed by atoms with Crippen molar-refractivity contribution in [2.24, 2.45) is 0 Å². The van der Waals surface area contributed by atoms with E-state index in [0.29, 0.717) is 28.4 Å². The number of alkyl halides is 2. The summed E-state index contributed by atoms with van der Waals surface area (Å²) < 4.78 is 32.8. The van der Waals surface area contributed by atoms with Crippen LogP contribution in [0.15, 0.2) is 54.9 Å². The zero-order valence-corrected chi connectivity index (χ0v) is 17.6. The van der Waals surface area contributed by atoms with E-state index >= 15 is 0 Å². The van der Waals surface area contributed by atoms with Gasteiger partial charge < -0.3 is 4.74 Å². The first kappa shape index (κ1) is 19.9. The summed E-state index contributed by atoms with van der Waals surface area (Å²) in [4.78, 5) is 4.31. The Morgan fingerprint density at radius 2 is 1.94 bits per heavy atom. The van der Waals surface area contributed by atoms with E-state index in [1.165, 1.54) is 18.4 Å². The maximum atomic E-state index is 13.1. The van der Waals surface area contributed by atoms with E-state index in [1.54, 1.807) is 6.07 Å². The Hall–Kier alpha value is -2.99. The summed E-state index contributed by atoms with van der Waals surface area (Å²) in [6.45, 7) is -1.08. The summed E-state index contributed by atoms with van der Waals surface area (Å²) >= 11 is 6.24. The second-order valence-electron chi connectivity index (χ2n) is 7.87. The Morgan fingerprint density at radius 1 is 1.16 bits per heavy atom. The standard InChI is InChI=1S/C24H20ClF2N3O/c1-14-19-3-2-4-21(25)22(19)29-23(31-24(26)27)20(14)11-15-5-9-18(10-6-15)30-13-17(12-28-30)16-7-8-16/h2-6,9-10,12-13,16,24H,7-8,11H2,1H3. The topological polar surface area (TPSA) is 39.9 Å². The van der Waals surface area contributed by atoms with Crippen LogP contribution in [0.4, 0.5) is 8.78 Å². The fourth-order valence-electron chi connectivity index (χ4n) is 3.89. The molecule has 0 amide bonds. The number of para-hydroxylation sites is 1. The molecule has 0 bridgehead atoms. The van der Waals surface area contributed by atoms with E-state index in [9.17, 15) is 8.78 Å². The van der Waals surface area contributed by atoms with Crippen LogP contribution in [0.3, 0.4) is 0 Å². The van der Waals surface area contributed by atoms with Crippen LogP contribution < -0.4 is 4.74 Å². The maximum absolute atomic E-state index is 13.1. The predicted octanol–water partition coefficient (Wildman–Crippen LogP) is 6.45. The number of hydrogen-bond acceptors (Lipinski definition) is 3. The molecule has 1 saturated carbocycles. The summed E-state index contributed by atoms with van der Waals surface area (Å²) in [7, 11) is 0. The minimum atomic E-state index is -2.96. The first-order chi connectivity index (χ1) is 15.0. The highest BCUT2D eigenvalue weighted by Gasteiger charge is 2.25. The lowest BCUT2D eigenvalue weighted by Crippen LogP contribution is -2.09. The van der Waals surface area contributed by atoms with Gasteiger partial charge in [0.05, 0.1) is 22.4 Å². The molecule has 0 aliphatic heterocycles. The van der Waals surface area contributed by atoms with Crippen LogP contribution in [-0.4, -0.2) is 21.4 Å². The number of ether oxygens (including phenoxy) is 1. The predicted molar refractivity (Wildman–Crippen MR) is 116 cm³/mol. The summed E-state index contributed by atoms with van der Waals surface area (Å²) in [6, 6.07) is 13.3.